The average molecular weight is 537 g/mol. The molecule has 1 aromatic heterocycles. The minimum atomic E-state index is -0.341. The molecule has 2 aromatic rings. The third-order valence-corrected chi connectivity index (χ3v) is 7.64. The van der Waals surface area contributed by atoms with Crippen LogP contribution in [0.25, 0.3) is 0 Å². The van der Waals surface area contributed by atoms with Crippen molar-refractivity contribution in [2.75, 3.05) is 18.5 Å². The van der Waals surface area contributed by atoms with Crippen molar-refractivity contribution in [3.63, 3.8) is 0 Å². The van der Waals surface area contributed by atoms with Crippen LogP contribution in [-0.4, -0.2) is 25.1 Å². The van der Waals surface area contributed by atoms with E-state index < -0.39 is 0 Å². The lowest BCUT2D eigenvalue weighted by molar-refractivity contribution is -0.116. The number of rotatable bonds is 8. The monoisotopic (exact) mass is 535 g/mol. The van der Waals surface area contributed by atoms with Gasteiger partial charge in [0.15, 0.2) is 0 Å². The summed E-state index contributed by atoms with van der Waals surface area (Å²) in [4.78, 5) is 26.4. The molecule has 1 atom stereocenters. The minimum absolute atomic E-state index is 0.0700. The molecule has 1 aliphatic rings. The lowest BCUT2D eigenvalue weighted by Crippen LogP contribution is -2.17. The van der Waals surface area contributed by atoms with Gasteiger partial charge in [-0.3, -0.25) is 4.79 Å². The Morgan fingerprint density at radius 2 is 2.03 bits per heavy atom. The molecule has 1 heterocycles. The number of halogens is 1. The summed E-state index contributed by atoms with van der Waals surface area (Å²) >= 11 is 5.10. The van der Waals surface area contributed by atoms with Gasteiger partial charge >= 0.3 is 5.97 Å². The average Bonchev–Trinajstić information content (AvgIpc) is 3.08. The van der Waals surface area contributed by atoms with Crippen molar-refractivity contribution in [3.05, 3.63) is 44.2 Å². The lowest BCUT2D eigenvalue weighted by Gasteiger charge is -2.20. The van der Waals surface area contributed by atoms with E-state index in [1.165, 1.54) is 21.8 Å². The van der Waals surface area contributed by atoms with Crippen molar-refractivity contribution in [3.8, 4) is 5.75 Å². The van der Waals surface area contributed by atoms with E-state index in [4.69, 9.17) is 9.47 Å². The summed E-state index contributed by atoms with van der Waals surface area (Å²) in [5, 5.41) is 3.59. The van der Waals surface area contributed by atoms with Gasteiger partial charge in [0.05, 0.1) is 23.2 Å². The van der Waals surface area contributed by atoms with Gasteiger partial charge < -0.3 is 14.8 Å². The summed E-state index contributed by atoms with van der Waals surface area (Å²) in [7, 11) is 0. The Labute approximate surface area is 209 Å². The quantitative estimate of drug-likeness (QED) is 0.294. The molecule has 1 aromatic carbocycles. The second-order valence-electron chi connectivity index (χ2n) is 9.67. The SMILES string of the molecule is CCOC(=O)c1c(NC(=O)CCCOc2ccc(C(C)(C)C)cc2Br)sc2c1CCC(C)C2. The van der Waals surface area contributed by atoms with Crippen LogP contribution in [0.1, 0.15) is 80.2 Å². The first-order chi connectivity index (χ1) is 15.6. The molecule has 0 aliphatic heterocycles. The van der Waals surface area contributed by atoms with Crippen LogP contribution in [-0.2, 0) is 27.8 Å². The van der Waals surface area contributed by atoms with E-state index in [0.29, 0.717) is 42.5 Å². The first-order valence-electron chi connectivity index (χ1n) is 11.6. The molecule has 0 saturated carbocycles. The first kappa shape index (κ1) is 25.8. The molecule has 5 nitrogen and oxygen atoms in total. The van der Waals surface area contributed by atoms with E-state index in [1.54, 1.807) is 6.92 Å². The molecular formula is C26H34BrNO4S. The van der Waals surface area contributed by atoms with Crippen LogP contribution in [0, 0.1) is 5.92 Å². The molecule has 1 aliphatic carbocycles. The number of hydrogen-bond acceptors (Lipinski definition) is 5. The van der Waals surface area contributed by atoms with Crippen molar-refractivity contribution in [2.24, 2.45) is 5.92 Å². The number of fused-ring (bicyclic) bond motifs is 1. The van der Waals surface area contributed by atoms with Crippen molar-refractivity contribution >= 4 is 44.1 Å². The fraction of sp³-hybridized carbons (Fsp3) is 0.538. The van der Waals surface area contributed by atoms with E-state index in [9.17, 15) is 9.59 Å². The topological polar surface area (TPSA) is 64.6 Å². The molecule has 7 heteroatoms. The van der Waals surface area contributed by atoms with Gasteiger partial charge in [0.2, 0.25) is 5.91 Å². The number of esters is 1. The number of ether oxygens (including phenoxy) is 2. The molecule has 33 heavy (non-hydrogen) atoms. The number of carbonyl (C=O) groups is 2. The molecule has 0 fully saturated rings. The van der Waals surface area contributed by atoms with Crippen molar-refractivity contribution in [1.82, 2.24) is 0 Å². The van der Waals surface area contributed by atoms with E-state index in [0.717, 1.165) is 35.0 Å². The number of nitrogens with one attached hydrogen (secondary N) is 1. The van der Waals surface area contributed by atoms with Gasteiger partial charge in [-0.25, -0.2) is 4.79 Å². The maximum Gasteiger partial charge on any atom is 0.341 e. The summed E-state index contributed by atoms with van der Waals surface area (Å²) in [5.41, 5.74) is 2.90. The third kappa shape index (κ3) is 6.60. The van der Waals surface area contributed by atoms with Crippen LogP contribution in [0.2, 0.25) is 0 Å². The number of amides is 1. The molecule has 0 bridgehead atoms. The largest absolute Gasteiger partial charge is 0.492 e. The molecular weight excluding hydrogens is 502 g/mol. The van der Waals surface area contributed by atoms with Crippen molar-refractivity contribution < 1.29 is 19.1 Å². The minimum Gasteiger partial charge on any atom is -0.492 e. The lowest BCUT2D eigenvalue weighted by atomic mass is 9.87. The van der Waals surface area contributed by atoms with Gasteiger partial charge in [0.25, 0.3) is 0 Å². The van der Waals surface area contributed by atoms with Gasteiger partial charge in [0, 0.05) is 11.3 Å². The van der Waals surface area contributed by atoms with Crippen LogP contribution in [0.4, 0.5) is 5.00 Å². The zero-order valence-electron chi connectivity index (χ0n) is 20.2. The normalized spacial score (nSPS) is 15.6. The van der Waals surface area contributed by atoms with Gasteiger partial charge in [-0.2, -0.15) is 0 Å². The molecule has 3 rings (SSSR count). The standard InChI is InChI=1S/C26H34BrNO4S/c1-6-31-25(30)23-18-11-9-16(2)14-21(18)33-24(23)28-22(29)8-7-13-32-20-12-10-17(15-19(20)27)26(3,4)5/h10,12,15-16H,6-9,11,13-14H2,1-5H3,(H,28,29). The molecule has 1 unspecified atom stereocenters. The highest BCUT2D eigenvalue weighted by Crippen LogP contribution is 2.40. The maximum atomic E-state index is 12.6. The second-order valence-corrected chi connectivity index (χ2v) is 11.6. The molecule has 1 amide bonds. The highest BCUT2D eigenvalue weighted by atomic mass is 79.9. The third-order valence-electron chi connectivity index (χ3n) is 5.85. The fourth-order valence-electron chi connectivity index (χ4n) is 3.95. The summed E-state index contributed by atoms with van der Waals surface area (Å²) in [5.74, 6) is 0.904. The number of carbonyl (C=O) groups excluding carboxylic acids is 2. The van der Waals surface area contributed by atoms with Crippen LogP contribution >= 0.6 is 27.3 Å². The summed E-state index contributed by atoms with van der Waals surface area (Å²) in [6.07, 6.45) is 3.75. The molecule has 0 saturated heterocycles. The smallest absolute Gasteiger partial charge is 0.341 e. The van der Waals surface area contributed by atoms with E-state index in [2.05, 4.69) is 61.1 Å². The molecule has 0 spiro atoms. The van der Waals surface area contributed by atoms with Crippen molar-refractivity contribution in [1.29, 1.82) is 0 Å². The fourth-order valence-corrected chi connectivity index (χ4v) is 5.85. The number of hydrogen-bond donors (Lipinski definition) is 1. The Bertz CT molecular complexity index is 1010. The van der Waals surface area contributed by atoms with Gasteiger partial charge in [-0.05, 0) is 83.1 Å². The predicted molar refractivity (Wildman–Crippen MR) is 138 cm³/mol. The Morgan fingerprint density at radius 3 is 2.70 bits per heavy atom. The second kappa shape index (κ2) is 11.0. The number of thiophene rings is 1. The highest BCUT2D eigenvalue weighted by Gasteiger charge is 2.29. The Balaban J connectivity index is 1.57. The Morgan fingerprint density at radius 1 is 1.27 bits per heavy atom. The number of benzene rings is 1. The maximum absolute atomic E-state index is 12.6. The van der Waals surface area contributed by atoms with Crippen LogP contribution in [0.3, 0.4) is 0 Å². The highest BCUT2D eigenvalue weighted by molar-refractivity contribution is 9.10. The Kier molecular flexibility index (Phi) is 8.62. The number of anilines is 1. The van der Waals surface area contributed by atoms with E-state index in [1.807, 2.05) is 6.07 Å². The van der Waals surface area contributed by atoms with Gasteiger partial charge in [0.1, 0.15) is 10.8 Å². The molecule has 1 N–H and O–H groups in total. The van der Waals surface area contributed by atoms with Crippen LogP contribution in [0.5, 0.6) is 5.75 Å². The zero-order chi connectivity index (χ0) is 24.2. The van der Waals surface area contributed by atoms with E-state index >= 15 is 0 Å². The Hall–Kier alpha value is -1.86. The molecule has 0 radical (unpaired) electrons. The van der Waals surface area contributed by atoms with Gasteiger partial charge in [-0.1, -0.05) is 33.8 Å². The predicted octanol–water partition coefficient (Wildman–Crippen LogP) is 6.91. The molecule has 180 valence electrons. The van der Waals surface area contributed by atoms with Gasteiger partial charge in [-0.15, -0.1) is 11.3 Å². The van der Waals surface area contributed by atoms with E-state index in [-0.39, 0.29) is 17.3 Å². The summed E-state index contributed by atoms with van der Waals surface area (Å²) < 4.78 is 12.1. The van der Waals surface area contributed by atoms with Crippen LogP contribution < -0.4 is 10.1 Å². The van der Waals surface area contributed by atoms with Crippen LogP contribution in [0.15, 0.2) is 22.7 Å². The summed E-state index contributed by atoms with van der Waals surface area (Å²) in [6.45, 7) is 11.3. The van der Waals surface area contributed by atoms with Crippen molar-refractivity contribution in [2.45, 2.75) is 72.1 Å². The summed E-state index contributed by atoms with van der Waals surface area (Å²) in [6, 6.07) is 6.12. The first-order valence-corrected chi connectivity index (χ1v) is 13.3. The zero-order valence-corrected chi connectivity index (χ0v) is 22.6.